The molecule has 2 amide bonds. The second kappa shape index (κ2) is 6.58. The molecule has 0 radical (unpaired) electrons. The van der Waals surface area contributed by atoms with Gasteiger partial charge in [-0.2, -0.15) is 0 Å². The maximum atomic E-state index is 13.6. The number of imide groups is 1. The highest BCUT2D eigenvalue weighted by Crippen LogP contribution is 2.57. The molecular formula is C23H25BrN2O2. The smallest absolute Gasteiger partial charge is 0.242 e. The second-order valence-electron chi connectivity index (χ2n) is 8.67. The normalized spacial score (nSPS) is 31.5. The summed E-state index contributed by atoms with van der Waals surface area (Å²) in [6.07, 6.45) is 4.52. The Morgan fingerprint density at radius 2 is 1.89 bits per heavy atom. The van der Waals surface area contributed by atoms with Crippen molar-refractivity contribution in [2.24, 2.45) is 17.8 Å². The Balaban J connectivity index is 1.62. The average Bonchev–Trinajstić information content (AvgIpc) is 3.20. The Morgan fingerprint density at radius 3 is 2.61 bits per heavy atom. The number of rotatable bonds is 2. The number of benzene rings is 1. The Kier molecular flexibility index (Phi) is 4.27. The Hall–Kier alpha value is -1.88. The van der Waals surface area contributed by atoms with E-state index in [0.29, 0.717) is 17.5 Å². The first-order chi connectivity index (χ1) is 13.5. The van der Waals surface area contributed by atoms with E-state index in [1.54, 1.807) is 0 Å². The number of amides is 2. The standard InChI is InChI=1S/C23H25BrN2O2/c1-3-13-4-9-16-17(11-13)19-20(18-10-12(2)25-21(16)18)23(28)26(22(19)27)15-7-5-14(24)6-8-15/h5-8,10,13,16-17,19-20,25H,3-4,9,11H2,1-2H3/t13?,16-,17+,19+,20-/m1/s1. The molecule has 0 bridgehead atoms. The average molecular weight is 441 g/mol. The van der Waals surface area contributed by atoms with E-state index in [1.807, 2.05) is 31.2 Å². The molecule has 2 aromatic rings. The van der Waals surface area contributed by atoms with Crippen molar-refractivity contribution in [3.63, 3.8) is 0 Å². The molecule has 0 spiro atoms. The van der Waals surface area contributed by atoms with Gasteiger partial charge in [-0.3, -0.25) is 9.59 Å². The number of nitrogens with one attached hydrogen (secondary N) is 1. The predicted octanol–water partition coefficient (Wildman–Crippen LogP) is 5.28. The third kappa shape index (κ3) is 2.55. The van der Waals surface area contributed by atoms with Crippen molar-refractivity contribution in [1.29, 1.82) is 0 Å². The SMILES string of the molecule is CCC1CC[C@H]2c3[nH]c(C)cc3[C@H]3C(=O)N(c4ccc(Br)cc4)C(=O)[C@H]3[C@H]2C1. The highest BCUT2D eigenvalue weighted by molar-refractivity contribution is 9.10. The van der Waals surface area contributed by atoms with Gasteiger partial charge in [0.1, 0.15) is 0 Å². The molecule has 3 aliphatic rings. The van der Waals surface area contributed by atoms with E-state index < -0.39 is 0 Å². The Labute approximate surface area is 173 Å². The molecule has 2 fully saturated rings. The predicted molar refractivity (Wildman–Crippen MR) is 112 cm³/mol. The van der Waals surface area contributed by atoms with Gasteiger partial charge in [-0.05, 0) is 73.9 Å². The third-order valence-corrected chi connectivity index (χ3v) is 7.73. The molecule has 2 heterocycles. The molecule has 2 aliphatic carbocycles. The van der Waals surface area contributed by atoms with E-state index in [-0.39, 0.29) is 29.6 Å². The summed E-state index contributed by atoms with van der Waals surface area (Å²) < 4.78 is 0.939. The first kappa shape index (κ1) is 18.2. The molecule has 1 N–H and O–H groups in total. The minimum absolute atomic E-state index is 0.00595. The monoisotopic (exact) mass is 440 g/mol. The summed E-state index contributed by atoms with van der Waals surface area (Å²) in [7, 11) is 0. The fourth-order valence-corrected chi connectivity index (χ4v) is 6.18. The van der Waals surface area contributed by atoms with Crippen molar-refractivity contribution in [3.8, 4) is 0 Å². The van der Waals surface area contributed by atoms with E-state index >= 15 is 0 Å². The van der Waals surface area contributed by atoms with E-state index in [2.05, 4.69) is 33.9 Å². The van der Waals surface area contributed by atoms with Gasteiger partial charge in [-0.15, -0.1) is 0 Å². The lowest BCUT2D eigenvalue weighted by molar-refractivity contribution is -0.123. The lowest BCUT2D eigenvalue weighted by Crippen LogP contribution is -2.39. The molecule has 5 rings (SSSR count). The Morgan fingerprint density at radius 1 is 1.14 bits per heavy atom. The molecule has 1 saturated carbocycles. The van der Waals surface area contributed by atoms with Gasteiger partial charge in [0.15, 0.2) is 0 Å². The van der Waals surface area contributed by atoms with E-state index in [0.717, 1.165) is 35.0 Å². The lowest BCUT2D eigenvalue weighted by Gasteiger charge is -2.43. The number of aromatic nitrogens is 1. The number of hydrogen-bond acceptors (Lipinski definition) is 2. The number of H-pyrrole nitrogens is 1. The molecule has 1 aromatic carbocycles. The van der Waals surface area contributed by atoms with Gasteiger partial charge in [0.2, 0.25) is 11.8 Å². The van der Waals surface area contributed by atoms with Gasteiger partial charge < -0.3 is 4.98 Å². The molecule has 28 heavy (non-hydrogen) atoms. The first-order valence-electron chi connectivity index (χ1n) is 10.3. The van der Waals surface area contributed by atoms with E-state index in [1.165, 1.54) is 17.0 Å². The summed E-state index contributed by atoms with van der Waals surface area (Å²) in [5, 5.41) is 0. The van der Waals surface area contributed by atoms with Crippen LogP contribution in [-0.4, -0.2) is 16.8 Å². The van der Waals surface area contributed by atoms with Crippen LogP contribution in [0.2, 0.25) is 0 Å². The summed E-state index contributed by atoms with van der Waals surface area (Å²) in [5.41, 5.74) is 4.05. The van der Waals surface area contributed by atoms with Crippen LogP contribution in [0.1, 0.15) is 61.4 Å². The van der Waals surface area contributed by atoms with E-state index in [4.69, 9.17) is 0 Å². The van der Waals surface area contributed by atoms with Crippen molar-refractivity contribution in [2.45, 2.75) is 51.4 Å². The quantitative estimate of drug-likeness (QED) is 0.645. The summed E-state index contributed by atoms with van der Waals surface area (Å²) in [6.45, 7) is 4.29. The topological polar surface area (TPSA) is 53.2 Å². The summed E-state index contributed by atoms with van der Waals surface area (Å²) in [4.78, 5) is 32.1. The molecule has 1 saturated heterocycles. The zero-order valence-electron chi connectivity index (χ0n) is 16.2. The first-order valence-corrected chi connectivity index (χ1v) is 11.1. The second-order valence-corrected chi connectivity index (χ2v) is 9.59. The van der Waals surface area contributed by atoms with Crippen LogP contribution in [0.4, 0.5) is 5.69 Å². The van der Waals surface area contributed by atoms with Crippen LogP contribution in [0, 0.1) is 24.7 Å². The highest BCUT2D eigenvalue weighted by Gasteiger charge is 2.58. The molecule has 5 heteroatoms. The number of hydrogen-bond donors (Lipinski definition) is 1. The van der Waals surface area contributed by atoms with Crippen LogP contribution in [0.5, 0.6) is 0 Å². The number of aryl methyl sites for hydroxylation is 1. The van der Waals surface area contributed by atoms with Gasteiger partial charge in [-0.25, -0.2) is 4.90 Å². The number of nitrogens with zero attached hydrogens (tertiary/aromatic N) is 1. The number of aromatic amines is 1. The molecule has 146 valence electrons. The van der Waals surface area contributed by atoms with Crippen molar-refractivity contribution >= 4 is 33.4 Å². The van der Waals surface area contributed by atoms with Crippen molar-refractivity contribution < 1.29 is 9.59 Å². The van der Waals surface area contributed by atoms with Crippen molar-refractivity contribution in [2.75, 3.05) is 4.90 Å². The Bertz CT molecular complexity index is 948. The van der Waals surface area contributed by atoms with Crippen LogP contribution in [0.25, 0.3) is 0 Å². The van der Waals surface area contributed by atoms with Crippen LogP contribution >= 0.6 is 15.9 Å². The van der Waals surface area contributed by atoms with Gasteiger partial charge in [0, 0.05) is 21.8 Å². The minimum atomic E-state index is -0.340. The molecular weight excluding hydrogens is 416 g/mol. The zero-order valence-corrected chi connectivity index (χ0v) is 17.8. The van der Waals surface area contributed by atoms with Gasteiger partial charge in [0.05, 0.1) is 17.5 Å². The number of anilines is 1. The van der Waals surface area contributed by atoms with Crippen molar-refractivity contribution in [1.82, 2.24) is 4.98 Å². The fraction of sp³-hybridized carbons (Fsp3) is 0.478. The van der Waals surface area contributed by atoms with Crippen LogP contribution < -0.4 is 4.90 Å². The molecule has 1 aromatic heterocycles. The maximum absolute atomic E-state index is 13.6. The zero-order chi connectivity index (χ0) is 19.6. The summed E-state index contributed by atoms with van der Waals surface area (Å²) >= 11 is 3.44. The van der Waals surface area contributed by atoms with E-state index in [9.17, 15) is 9.59 Å². The number of fused-ring (bicyclic) bond motifs is 6. The van der Waals surface area contributed by atoms with Crippen LogP contribution in [0.15, 0.2) is 34.8 Å². The van der Waals surface area contributed by atoms with Gasteiger partial charge >= 0.3 is 0 Å². The highest BCUT2D eigenvalue weighted by atomic mass is 79.9. The molecule has 1 aliphatic heterocycles. The van der Waals surface area contributed by atoms with Gasteiger partial charge in [-0.1, -0.05) is 29.3 Å². The maximum Gasteiger partial charge on any atom is 0.242 e. The summed E-state index contributed by atoms with van der Waals surface area (Å²) in [5.74, 6) is 0.652. The molecule has 1 unspecified atom stereocenters. The molecule has 4 nitrogen and oxygen atoms in total. The van der Waals surface area contributed by atoms with Gasteiger partial charge in [0.25, 0.3) is 0 Å². The van der Waals surface area contributed by atoms with Crippen LogP contribution in [0.3, 0.4) is 0 Å². The minimum Gasteiger partial charge on any atom is -0.362 e. The van der Waals surface area contributed by atoms with Crippen molar-refractivity contribution in [3.05, 3.63) is 51.8 Å². The fourth-order valence-electron chi connectivity index (χ4n) is 5.91. The summed E-state index contributed by atoms with van der Waals surface area (Å²) in [6, 6.07) is 9.59. The molecule has 5 atom stereocenters. The number of carbonyl (C=O) groups is 2. The van der Waals surface area contributed by atoms with Crippen LogP contribution in [-0.2, 0) is 9.59 Å². The largest absolute Gasteiger partial charge is 0.362 e. The number of halogens is 1. The lowest BCUT2D eigenvalue weighted by atomic mass is 9.59. The third-order valence-electron chi connectivity index (χ3n) is 7.20. The number of carbonyl (C=O) groups excluding carboxylic acids is 2.